The van der Waals surface area contributed by atoms with E-state index in [1.54, 1.807) is 11.0 Å². The van der Waals surface area contributed by atoms with Crippen LogP contribution in [0.4, 0.5) is 9.18 Å². The Morgan fingerprint density at radius 1 is 1.28 bits per heavy atom. The number of halogens is 1. The fourth-order valence-corrected chi connectivity index (χ4v) is 4.14. The first-order chi connectivity index (χ1) is 12.0. The zero-order valence-electron chi connectivity index (χ0n) is 13.6. The van der Waals surface area contributed by atoms with Crippen LogP contribution < -0.4 is 10.6 Å². The number of rotatable bonds is 3. The predicted octanol–water partition coefficient (Wildman–Crippen LogP) is 0.0964. The lowest BCUT2D eigenvalue weighted by atomic mass is 9.89. The van der Waals surface area contributed by atoms with Crippen LogP contribution in [0.2, 0.25) is 0 Å². The van der Waals surface area contributed by atoms with Gasteiger partial charge in [0.1, 0.15) is 12.4 Å². The van der Waals surface area contributed by atoms with E-state index in [4.69, 9.17) is 0 Å². The van der Waals surface area contributed by atoms with Crippen molar-refractivity contribution < 1.29 is 18.8 Å². The maximum atomic E-state index is 13.7. The summed E-state index contributed by atoms with van der Waals surface area (Å²) in [6.07, 6.45) is 0. The molecule has 1 aromatic rings. The first-order valence-electron chi connectivity index (χ1n) is 8.38. The smallest absolute Gasteiger partial charge is 0.325 e. The Morgan fingerprint density at radius 2 is 2.12 bits per heavy atom. The highest BCUT2D eigenvalue weighted by atomic mass is 19.1. The van der Waals surface area contributed by atoms with Gasteiger partial charge in [-0.15, -0.1) is 0 Å². The van der Waals surface area contributed by atoms with Gasteiger partial charge in [-0.25, -0.2) is 9.18 Å². The van der Waals surface area contributed by atoms with Crippen LogP contribution in [0.15, 0.2) is 24.3 Å². The number of urea groups is 1. The summed E-state index contributed by atoms with van der Waals surface area (Å²) >= 11 is 0. The number of hydrogen-bond donors (Lipinski definition) is 2. The van der Waals surface area contributed by atoms with Crippen LogP contribution in [-0.4, -0.2) is 60.4 Å². The number of imide groups is 1. The van der Waals surface area contributed by atoms with Crippen molar-refractivity contribution in [2.45, 2.75) is 6.04 Å². The van der Waals surface area contributed by atoms with Crippen LogP contribution in [0, 0.1) is 17.7 Å². The molecule has 8 heteroatoms. The monoisotopic (exact) mass is 346 g/mol. The summed E-state index contributed by atoms with van der Waals surface area (Å²) in [6, 6.07) is 5.51. The van der Waals surface area contributed by atoms with Gasteiger partial charge in [0.15, 0.2) is 0 Å². The Hall–Kier alpha value is -2.48. The van der Waals surface area contributed by atoms with E-state index in [1.807, 2.05) is 6.07 Å². The van der Waals surface area contributed by atoms with Crippen LogP contribution >= 0.6 is 0 Å². The molecule has 25 heavy (non-hydrogen) atoms. The molecule has 3 heterocycles. The Kier molecular flexibility index (Phi) is 3.91. The highest BCUT2D eigenvalue weighted by molar-refractivity contribution is 6.04. The van der Waals surface area contributed by atoms with E-state index in [0.717, 1.165) is 23.6 Å². The standard InChI is InChI=1S/C17H19FN4O3/c18-12-3-1-2-10(4-12)16-13-6-19-5-11(13)8-21(16)15(24)9-22-14(23)7-20-17(22)25/h1-4,11,13,16,19H,5-9H2,(H,20,25)/t11-,13-,16-/m0/s1. The maximum Gasteiger partial charge on any atom is 0.325 e. The lowest BCUT2D eigenvalue weighted by molar-refractivity contribution is -0.137. The first kappa shape index (κ1) is 16.0. The summed E-state index contributed by atoms with van der Waals surface area (Å²) < 4.78 is 13.7. The summed E-state index contributed by atoms with van der Waals surface area (Å²) in [7, 11) is 0. The van der Waals surface area contributed by atoms with Crippen LogP contribution in [0.1, 0.15) is 11.6 Å². The molecule has 132 valence electrons. The molecular formula is C17H19FN4O3. The highest BCUT2D eigenvalue weighted by Gasteiger charge is 2.47. The van der Waals surface area contributed by atoms with Gasteiger partial charge in [0, 0.05) is 25.6 Å². The quantitative estimate of drug-likeness (QED) is 0.761. The lowest BCUT2D eigenvalue weighted by Gasteiger charge is -2.29. The van der Waals surface area contributed by atoms with Gasteiger partial charge in [-0.3, -0.25) is 14.5 Å². The molecule has 0 spiro atoms. The Labute approximate surface area is 144 Å². The van der Waals surface area contributed by atoms with E-state index in [9.17, 15) is 18.8 Å². The maximum absolute atomic E-state index is 13.7. The van der Waals surface area contributed by atoms with Gasteiger partial charge in [-0.05, 0) is 23.6 Å². The van der Waals surface area contributed by atoms with Gasteiger partial charge in [0.25, 0.3) is 5.91 Å². The second-order valence-electron chi connectivity index (χ2n) is 6.77. The molecule has 4 amide bonds. The zero-order valence-corrected chi connectivity index (χ0v) is 13.6. The number of likely N-dealkylation sites (tertiary alicyclic amines) is 1. The van der Waals surface area contributed by atoms with Crippen LogP contribution in [0.3, 0.4) is 0 Å². The molecule has 3 atom stereocenters. The van der Waals surface area contributed by atoms with Crippen molar-refractivity contribution in [3.63, 3.8) is 0 Å². The van der Waals surface area contributed by atoms with Crippen molar-refractivity contribution in [2.75, 3.05) is 32.7 Å². The van der Waals surface area contributed by atoms with Gasteiger partial charge in [0.2, 0.25) is 5.91 Å². The van der Waals surface area contributed by atoms with Crippen molar-refractivity contribution in [2.24, 2.45) is 11.8 Å². The molecule has 4 rings (SSSR count). The molecule has 0 unspecified atom stereocenters. The van der Waals surface area contributed by atoms with Gasteiger partial charge >= 0.3 is 6.03 Å². The number of nitrogens with zero attached hydrogens (tertiary/aromatic N) is 2. The van der Waals surface area contributed by atoms with E-state index in [-0.39, 0.29) is 36.8 Å². The second-order valence-corrected chi connectivity index (χ2v) is 6.77. The summed E-state index contributed by atoms with van der Waals surface area (Å²) in [5, 5.41) is 5.74. The summed E-state index contributed by atoms with van der Waals surface area (Å²) in [6.45, 7) is 1.77. The highest BCUT2D eigenvalue weighted by Crippen LogP contribution is 2.42. The topological polar surface area (TPSA) is 81.8 Å². The van der Waals surface area contributed by atoms with E-state index in [2.05, 4.69) is 10.6 Å². The molecule has 0 radical (unpaired) electrons. The number of carbonyl (C=O) groups is 3. The minimum Gasteiger partial charge on any atom is -0.333 e. The normalized spacial score (nSPS) is 28.4. The molecule has 3 fully saturated rings. The number of carbonyl (C=O) groups excluding carboxylic acids is 3. The number of fused-ring (bicyclic) bond motifs is 1. The Balaban J connectivity index is 1.59. The molecule has 7 nitrogen and oxygen atoms in total. The Bertz CT molecular complexity index is 724. The molecule has 0 aliphatic carbocycles. The van der Waals surface area contributed by atoms with Crippen molar-refractivity contribution >= 4 is 17.8 Å². The largest absolute Gasteiger partial charge is 0.333 e. The Morgan fingerprint density at radius 3 is 2.84 bits per heavy atom. The number of hydrogen-bond acceptors (Lipinski definition) is 4. The fourth-order valence-electron chi connectivity index (χ4n) is 4.14. The van der Waals surface area contributed by atoms with Gasteiger partial charge in [0.05, 0.1) is 12.6 Å². The van der Waals surface area contributed by atoms with E-state index >= 15 is 0 Å². The van der Waals surface area contributed by atoms with Crippen molar-refractivity contribution in [1.29, 1.82) is 0 Å². The molecule has 0 saturated carbocycles. The van der Waals surface area contributed by atoms with E-state index in [1.165, 1.54) is 12.1 Å². The summed E-state index contributed by atoms with van der Waals surface area (Å²) in [5.41, 5.74) is 0.752. The third-order valence-corrected chi connectivity index (χ3v) is 5.31. The van der Waals surface area contributed by atoms with Crippen molar-refractivity contribution in [3.8, 4) is 0 Å². The number of nitrogens with one attached hydrogen (secondary N) is 2. The minimum atomic E-state index is -0.540. The van der Waals surface area contributed by atoms with E-state index in [0.29, 0.717) is 12.5 Å². The number of benzene rings is 1. The molecule has 1 aromatic carbocycles. The molecule has 3 saturated heterocycles. The van der Waals surface area contributed by atoms with Gasteiger partial charge < -0.3 is 15.5 Å². The molecule has 3 aliphatic heterocycles. The van der Waals surface area contributed by atoms with Crippen molar-refractivity contribution in [1.82, 2.24) is 20.4 Å². The molecule has 3 aliphatic rings. The first-order valence-corrected chi connectivity index (χ1v) is 8.38. The summed E-state index contributed by atoms with van der Waals surface area (Å²) in [4.78, 5) is 38.9. The average molecular weight is 346 g/mol. The van der Waals surface area contributed by atoms with Crippen LogP contribution in [0.5, 0.6) is 0 Å². The van der Waals surface area contributed by atoms with E-state index < -0.39 is 11.9 Å². The van der Waals surface area contributed by atoms with Gasteiger partial charge in [-0.2, -0.15) is 0 Å². The summed E-state index contributed by atoms with van der Waals surface area (Å²) in [5.74, 6) is -0.529. The third-order valence-electron chi connectivity index (χ3n) is 5.31. The molecule has 0 aromatic heterocycles. The van der Waals surface area contributed by atoms with Crippen LogP contribution in [0.25, 0.3) is 0 Å². The fraction of sp³-hybridized carbons (Fsp3) is 0.471. The zero-order chi connectivity index (χ0) is 17.6. The lowest BCUT2D eigenvalue weighted by Crippen LogP contribution is -2.44. The SMILES string of the molecule is O=C1CNC(=O)N1CC(=O)N1C[C@@H]2CNC[C@@H]2[C@@H]1c1cccc(F)c1. The minimum absolute atomic E-state index is 0.0748. The molecule has 0 bridgehead atoms. The second kappa shape index (κ2) is 6.11. The van der Waals surface area contributed by atoms with Crippen LogP contribution in [-0.2, 0) is 9.59 Å². The van der Waals surface area contributed by atoms with Crippen molar-refractivity contribution in [3.05, 3.63) is 35.6 Å². The third kappa shape index (κ3) is 2.76. The predicted molar refractivity (Wildman–Crippen MR) is 85.8 cm³/mol. The number of amides is 4. The molecular weight excluding hydrogens is 327 g/mol. The molecule has 2 N–H and O–H groups in total. The van der Waals surface area contributed by atoms with Gasteiger partial charge in [-0.1, -0.05) is 12.1 Å². The average Bonchev–Trinajstić information content (AvgIpc) is 3.25.